The van der Waals surface area contributed by atoms with Gasteiger partial charge >= 0.3 is 0 Å². The van der Waals surface area contributed by atoms with Crippen LogP contribution in [0.15, 0.2) is 5.10 Å². The number of hydrogen-bond donors (Lipinski definition) is 4. The minimum absolute atomic E-state index is 0.255. The molecule has 0 radical (unpaired) electrons. The maximum atomic E-state index is 9.74. The van der Waals surface area contributed by atoms with Gasteiger partial charge in [-0.15, -0.1) is 0 Å². The predicted molar refractivity (Wildman–Crippen MR) is 32.7 cm³/mol. The normalized spacial score (nSPS) is 29.1. The highest BCUT2D eigenvalue weighted by molar-refractivity contribution is 5.81. The van der Waals surface area contributed by atoms with Gasteiger partial charge < -0.3 is 20.8 Å². The Balaban J connectivity index is 2.60. The van der Waals surface area contributed by atoms with Gasteiger partial charge in [-0.05, 0) is 0 Å². The van der Waals surface area contributed by atoms with Crippen LogP contribution < -0.4 is 10.6 Å². The van der Waals surface area contributed by atoms with E-state index in [-0.39, 0.29) is 5.96 Å². The lowest BCUT2D eigenvalue weighted by atomic mass is 10.5. The number of nitro groups is 1. The minimum atomic E-state index is -1.26. The standard InChI is InChI=1S/C3H6N4O4/c8-1-2(9)5-3(4-1)6-7(10)11/h1-2,8-9H,(H2,4,5,6). The Morgan fingerprint density at radius 2 is 1.91 bits per heavy atom. The summed E-state index contributed by atoms with van der Waals surface area (Å²) in [5, 5.41) is 33.4. The number of nitrogens with zero attached hydrogens (tertiary/aromatic N) is 2. The SMILES string of the molecule is O=[N+]([O-])N=C1NC(O)C(O)N1. The highest BCUT2D eigenvalue weighted by atomic mass is 16.7. The van der Waals surface area contributed by atoms with Gasteiger partial charge in [-0.25, -0.2) is 10.1 Å². The zero-order valence-corrected chi connectivity index (χ0v) is 5.26. The molecular formula is C3H6N4O4. The molecule has 0 aromatic rings. The minimum Gasteiger partial charge on any atom is -0.369 e. The van der Waals surface area contributed by atoms with Gasteiger partial charge in [0.1, 0.15) is 5.10 Å². The Morgan fingerprint density at radius 1 is 1.45 bits per heavy atom. The average Bonchev–Trinajstić information content (AvgIpc) is 2.10. The van der Waals surface area contributed by atoms with Crippen LogP contribution in [0.3, 0.4) is 0 Å². The second-order valence-corrected chi connectivity index (χ2v) is 1.86. The van der Waals surface area contributed by atoms with Crippen LogP contribution in [0, 0.1) is 10.1 Å². The molecule has 8 heteroatoms. The molecule has 1 rings (SSSR count). The molecule has 2 atom stereocenters. The van der Waals surface area contributed by atoms with Crippen LogP contribution in [0.5, 0.6) is 0 Å². The van der Waals surface area contributed by atoms with E-state index in [1.165, 1.54) is 0 Å². The summed E-state index contributed by atoms with van der Waals surface area (Å²) >= 11 is 0. The number of nitrogens with one attached hydrogen (secondary N) is 2. The fourth-order valence-electron chi connectivity index (χ4n) is 0.619. The second-order valence-electron chi connectivity index (χ2n) is 1.86. The zero-order chi connectivity index (χ0) is 8.43. The Bertz CT molecular complexity index is 192. The molecule has 0 amide bonds. The molecule has 1 heterocycles. The molecule has 1 aliphatic heterocycles. The van der Waals surface area contributed by atoms with Crippen molar-refractivity contribution in [3.63, 3.8) is 0 Å². The number of hydrazone groups is 1. The Morgan fingerprint density at radius 3 is 2.27 bits per heavy atom. The largest absolute Gasteiger partial charge is 0.369 e. The van der Waals surface area contributed by atoms with Crippen molar-refractivity contribution < 1.29 is 15.2 Å². The van der Waals surface area contributed by atoms with Gasteiger partial charge in [0.2, 0.25) is 0 Å². The first-order valence-corrected chi connectivity index (χ1v) is 2.72. The fourth-order valence-corrected chi connectivity index (χ4v) is 0.619. The van der Waals surface area contributed by atoms with Gasteiger partial charge in [-0.3, -0.25) is 0 Å². The zero-order valence-electron chi connectivity index (χ0n) is 5.26. The Kier molecular flexibility index (Phi) is 1.87. The molecule has 4 N–H and O–H groups in total. The lowest BCUT2D eigenvalue weighted by molar-refractivity contribution is -0.485. The molecule has 1 aliphatic rings. The first-order chi connectivity index (χ1) is 5.09. The molecule has 0 spiro atoms. The molecule has 2 unspecified atom stereocenters. The van der Waals surface area contributed by atoms with Crippen LogP contribution in [-0.2, 0) is 0 Å². The summed E-state index contributed by atoms with van der Waals surface area (Å²) in [5.41, 5.74) is 0. The molecule has 0 aliphatic carbocycles. The third-order valence-electron chi connectivity index (χ3n) is 1.05. The number of rotatable bonds is 1. The second kappa shape index (κ2) is 2.68. The predicted octanol–water partition coefficient (Wildman–Crippen LogP) is -2.64. The first-order valence-electron chi connectivity index (χ1n) is 2.72. The number of hydrogen-bond acceptors (Lipinski definition) is 4. The van der Waals surface area contributed by atoms with Gasteiger partial charge in [0.25, 0.3) is 5.96 Å². The first kappa shape index (κ1) is 7.69. The van der Waals surface area contributed by atoms with E-state index in [9.17, 15) is 10.1 Å². The smallest absolute Gasteiger partial charge is 0.273 e. The number of guanidine groups is 1. The molecule has 1 saturated heterocycles. The van der Waals surface area contributed by atoms with Gasteiger partial charge in [0.15, 0.2) is 17.5 Å². The molecular weight excluding hydrogens is 156 g/mol. The summed E-state index contributed by atoms with van der Waals surface area (Å²) in [6.07, 6.45) is -2.51. The summed E-state index contributed by atoms with van der Waals surface area (Å²) in [6.45, 7) is 0. The van der Waals surface area contributed by atoms with Crippen LogP contribution in [0.4, 0.5) is 0 Å². The van der Waals surface area contributed by atoms with Crippen molar-refractivity contribution in [3.05, 3.63) is 10.1 Å². The van der Waals surface area contributed by atoms with E-state index in [4.69, 9.17) is 10.2 Å². The quantitative estimate of drug-likeness (QED) is 0.247. The topological polar surface area (TPSA) is 120 Å². The summed E-state index contributed by atoms with van der Waals surface area (Å²) in [6, 6.07) is 0. The molecule has 1 fully saturated rings. The van der Waals surface area contributed by atoms with E-state index in [1.807, 2.05) is 0 Å². The van der Waals surface area contributed by atoms with Crippen molar-refractivity contribution in [2.45, 2.75) is 12.5 Å². The lowest BCUT2D eigenvalue weighted by Gasteiger charge is -2.02. The van der Waals surface area contributed by atoms with Gasteiger partial charge in [-0.1, -0.05) is 0 Å². The van der Waals surface area contributed by atoms with Crippen LogP contribution >= 0.6 is 0 Å². The molecule has 0 saturated carbocycles. The number of aliphatic hydroxyl groups is 2. The Labute approximate surface area is 60.7 Å². The van der Waals surface area contributed by atoms with Gasteiger partial charge in [0.05, 0.1) is 0 Å². The van der Waals surface area contributed by atoms with E-state index >= 15 is 0 Å². The van der Waals surface area contributed by atoms with Gasteiger partial charge in [0, 0.05) is 0 Å². The van der Waals surface area contributed by atoms with Crippen LogP contribution in [0.25, 0.3) is 0 Å². The molecule has 0 aromatic carbocycles. The van der Waals surface area contributed by atoms with E-state index in [2.05, 4.69) is 15.7 Å². The van der Waals surface area contributed by atoms with Crippen molar-refractivity contribution in [2.75, 3.05) is 0 Å². The summed E-state index contributed by atoms with van der Waals surface area (Å²) in [5.74, 6) is -0.255. The summed E-state index contributed by atoms with van der Waals surface area (Å²) < 4.78 is 0. The summed E-state index contributed by atoms with van der Waals surface area (Å²) in [4.78, 5) is 9.74. The maximum absolute atomic E-state index is 9.74. The lowest BCUT2D eigenvalue weighted by Crippen LogP contribution is -2.32. The fraction of sp³-hybridized carbons (Fsp3) is 0.667. The van der Waals surface area contributed by atoms with E-state index in [1.54, 1.807) is 0 Å². The van der Waals surface area contributed by atoms with Crippen molar-refractivity contribution in [1.29, 1.82) is 0 Å². The molecule has 8 nitrogen and oxygen atoms in total. The Hall–Kier alpha value is -1.41. The molecule has 0 bridgehead atoms. The third-order valence-corrected chi connectivity index (χ3v) is 1.05. The molecule has 11 heavy (non-hydrogen) atoms. The van der Waals surface area contributed by atoms with Crippen LogP contribution in [0.1, 0.15) is 0 Å². The van der Waals surface area contributed by atoms with E-state index in [0.717, 1.165) is 0 Å². The van der Waals surface area contributed by atoms with Crippen molar-refractivity contribution in [3.8, 4) is 0 Å². The van der Waals surface area contributed by atoms with Crippen molar-refractivity contribution in [1.82, 2.24) is 10.6 Å². The van der Waals surface area contributed by atoms with Crippen molar-refractivity contribution >= 4 is 5.96 Å². The summed E-state index contributed by atoms with van der Waals surface area (Å²) in [7, 11) is 0. The molecule has 0 aromatic heterocycles. The highest BCUT2D eigenvalue weighted by Gasteiger charge is 2.28. The number of aliphatic hydroxyl groups excluding tert-OH is 2. The van der Waals surface area contributed by atoms with Crippen LogP contribution in [0.2, 0.25) is 0 Å². The monoisotopic (exact) mass is 162 g/mol. The van der Waals surface area contributed by atoms with Crippen LogP contribution in [-0.4, -0.2) is 33.7 Å². The highest BCUT2D eigenvalue weighted by Crippen LogP contribution is 1.93. The van der Waals surface area contributed by atoms with Crippen molar-refractivity contribution in [2.24, 2.45) is 5.10 Å². The van der Waals surface area contributed by atoms with E-state index < -0.39 is 17.5 Å². The molecule has 62 valence electrons. The third kappa shape index (κ3) is 1.75. The van der Waals surface area contributed by atoms with Gasteiger partial charge in [-0.2, -0.15) is 0 Å². The maximum Gasteiger partial charge on any atom is 0.273 e. The average molecular weight is 162 g/mol. The van der Waals surface area contributed by atoms with E-state index in [0.29, 0.717) is 0 Å².